The van der Waals surface area contributed by atoms with Gasteiger partial charge in [-0.3, -0.25) is 5.84 Å². The van der Waals surface area contributed by atoms with Gasteiger partial charge in [0.2, 0.25) is 0 Å². The minimum Gasteiger partial charge on any atom is -0.459 e. The number of fused-ring (bicyclic) bond motifs is 1. The van der Waals surface area contributed by atoms with Gasteiger partial charge in [-0.15, -0.1) is 0 Å². The quantitative estimate of drug-likeness (QED) is 0.629. The summed E-state index contributed by atoms with van der Waals surface area (Å²) in [4.78, 5) is 0. The van der Waals surface area contributed by atoms with Crippen LogP contribution < -0.4 is 11.3 Å². The maximum Gasteiger partial charge on any atom is 0.134 e. The Bertz CT molecular complexity index is 584. The number of furan rings is 1. The van der Waals surface area contributed by atoms with Crippen molar-refractivity contribution in [2.24, 2.45) is 5.84 Å². The van der Waals surface area contributed by atoms with Gasteiger partial charge in [-0.05, 0) is 44.5 Å². The van der Waals surface area contributed by atoms with Gasteiger partial charge in [0.1, 0.15) is 17.4 Å². The molecule has 2 atom stereocenters. The number of ether oxygens (including phenoxy) is 1. The van der Waals surface area contributed by atoms with Crippen molar-refractivity contribution in [3.63, 3.8) is 0 Å². The largest absolute Gasteiger partial charge is 0.459 e. The van der Waals surface area contributed by atoms with Crippen LogP contribution >= 0.6 is 11.6 Å². The molecule has 0 fully saturated rings. The van der Waals surface area contributed by atoms with E-state index in [0.29, 0.717) is 11.6 Å². The number of hydrogen-bond donors (Lipinski definition) is 2. The second-order valence-electron chi connectivity index (χ2n) is 5.03. The van der Waals surface area contributed by atoms with Crippen LogP contribution in [0.5, 0.6) is 0 Å². The van der Waals surface area contributed by atoms with E-state index in [2.05, 4.69) is 12.3 Å². The zero-order valence-corrected chi connectivity index (χ0v) is 12.8. The number of halogens is 1. The van der Waals surface area contributed by atoms with Gasteiger partial charge >= 0.3 is 0 Å². The summed E-state index contributed by atoms with van der Waals surface area (Å²) in [7, 11) is 0. The van der Waals surface area contributed by atoms with Crippen molar-refractivity contribution in [3.05, 3.63) is 35.0 Å². The lowest BCUT2D eigenvalue weighted by atomic mass is 9.91. The van der Waals surface area contributed by atoms with E-state index in [9.17, 15) is 0 Å². The van der Waals surface area contributed by atoms with Crippen LogP contribution in [0.2, 0.25) is 5.02 Å². The molecule has 5 heteroatoms. The molecule has 0 aliphatic carbocycles. The van der Waals surface area contributed by atoms with Crippen LogP contribution in [0, 0.1) is 0 Å². The predicted octanol–water partition coefficient (Wildman–Crippen LogP) is 3.80. The summed E-state index contributed by atoms with van der Waals surface area (Å²) in [5.41, 5.74) is 3.18. The Labute approximate surface area is 124 Å². The highest BCUT2D eigenvalue weighted by molar-refractivity contribution is 6.31. The van der Waals surface area contributed by atoms with Gasteiger partial charge in [0.05, 0.1) is 5.60 Å². The Morgan fingerprint density at radius 1 is 1.40 bits per heavy atom. The third-order valence-electron chi connectivity index (χ3n) is 3.74. The molecule has 0 aliphatic rings. The zero-order chi connectivity index (χ0) is 14.8. The van der Waals surface area contributed by atoms with E-state index in [4.69, 9.17) is 26.6 Å². The van der Waals surface area contributed by atoms with Crippen molar-refractivity contribution < 1.29 is 9.15 Å². The molecule has 2 rings (SSSR count). The van der Waals surface area contributed by atoms with E-state index in [0.717, 1.165) is 23.2 Å². The molecule has 1 heterocycles. The topological polar surface area (TPSA) is 60.4 Å². The Morgan fingerprint density at radius 2 is 2.15 bits per heavy atom. The molecule has 110 valence electrons. The minimum absolute atomic E-state index is 0.223. The van der Waals surface area contributed by atoms with E-state index < -0.39 is 5.60 Å². The summed E-state index contributed by atoms with van der Waals surface area (Å²) in [6, 6.07) is 7.28. The monoisotopic (exact) mass is 296 g/mol. The van der Waals surface area contributed by atoms with E-state index in [1.807, 2.05) is 38.1 Å². The fourth-order valence-corrected chi connectivity index (χ4v) is 2.64. The van der Waals surface area contributed by atoms with Crippen molar-refractivity contribution in [1.82, 2.24) is 5.43 Å². The Hall–Kier alpha value is -1.07. The molecule has 0 saturated heterocycles. The van der Waals surface area contributed by atoms with E-state index in [-0.39, 0.29) is 6.04 Å². The maximum atomic E-state index is 6.00. The molecule has 2 aromatic rings. The third kappa shape index (κ3) is 2.83. The first-order valence-corrected chi connectivity index (χ1v) is 7.21. The molecule has 1 aromatic carbocycles. The zero-order valence-electron chi connectivity index (χ0n) is 12.1. The Morgan fingerprint density at radius 3 is 2.75 bits per heavy atom. The van der Waals surface area contributed by atoms with Crippen molar-refractivity contribution in [1.29, 1.82) is 0 Å². The smallest absolute Gasteiger partial charge is 0.134 e. The van der Waals surface area contributed by atoms with Gasteiger partial charge in [-0.2, -0.15) is 0 Å². The number of nitrogens with two attached hydrogens (primary N) is 1. The number of nitrogens with one attached hydrogen (secondary N) is 1. The molecular formula is C15H21ClN2O2. The highest BCUT2D eigenvalue weighted by Gasteiger charge is 2.36. The van der Waals surface area contributed by atoms with Crippen LogP contribution in [-0.4, -0.2) is 12.2 Å². The predicted molar refractivity (Wildman–Crippen MR) is 81.6 cm³/mol. The molecule has 20 heavy (non-hydrogen) atoms. The highest BCUT2D eigenvalue weighted by Crippen LogP contribution is 2.35. The fourth-order valence-electron chi connectivity index (χ4n) is 2.46. The molecule has 1 aromatic heterocycles. The summed E-state index contributed by atoms with van der Waals surface area (Å²) in [6.45, 7) is 6.69. The van der Waals surface area contributed by atoms with Crippen LogP contribution in [0.1, 0.15) is 39.0 Å². The fraction of sp³-hybridized carbons (Fsp3) is 0.467. The average Bonchev–Trinajstić information content (AvgIpc) is 2.82. The maximum absolute atomic E-state index is 6.00. The van der Waals surface area contributed by atoms with Gasteiger partial charge in [-0.1, -0.05) is 18.5 Å². The first-order valence-electron chi connectivity index (χ1n) is 6.83. The number of benzene rings is 1. The molecule has 0 amide bonds. The van der Waals surface area contributed by atoms with Crippen molar-refractivity contribution in [2.45, 2.75) is 38.8 Å². The molecule has 0 saturated carbocycles. The molecule has 0 bridgehead atoms. The second kappa shape index (κ2) is 6.14. The molecule has 2 unspecified atom stereocenters. The molecule has 3 N–H and O–H groups in total. The number of hydrazine groups is 1. The second-order valence-corrected chi connectivity index (χ2v) is 5.47. The van der Waals surface area contributed by atoms with E-state index in [1.54, 1.807) is 0 Å². The van der Waals surface area contributed by atoms with Crippen LogP contribution in [0.4, 0.5) is 0 Å². The molecule has 4 nitrogen and oxygen atoms in total. The SMILES string of the molecule is CCOC(C)(CC)C(NN)c1cc2cc(Cl)ccc2o1. The Balaban J connectivity index is 2.43. The number of rotatable bonds is 6. The standard InChI is InChI=1S/C15H21ClN2O2/c1-4-15(3,19-5-2)14(18-17)13-9-10-8-11(16)6-7-12(10)20-13/h6-9,14,18H,4-5,17H2,1-3H3. The molecule has 0 aliphatic heterocycles. The van der Waals surface area contributed by atoms with Crippen LogP contribution in [0.3, 0.4) is 0 Å². The van der Waals surface area contributed by atoms with E-state index >= 15 is 0 Å². The Kier molecular flexibility index (Phi) is 4.70. The number of hydrogen-bond acceptors (Lipinski definition) is 4. The molecular weight excluding hydrogens is 276 g/mol. The summed E-state index contributed by atoms with van der Waals surface area (Å²) in [5, 5.41) is 1.65. The van der Waals surface area contributed by atoms with Gasteiger partial charge in [0, 0.05) is 17.0 Å². The van der Waals surface area contributed by atoms with E-state index in [1.165, 1.54) is 0 Å². The van der Waals surface area contributed by atoms with Crippen molar-refractivity contribution in [2.75, 3.05) is 6.61 Å². The lowest BCUT2D eigenvalue weighted by Crippen LogP contribution is -2.46. The van der Waals surface area contributed by atoms with Crippen molar-refractivity contribution in [3.8, 4) is 0 Å². The lowest BCUT2D eigenvalue weighted by Gasteiger charge is -2.35. The average molecular weight is 297 g/mol. The summed E-state index contributed by atoms with van der Waals surface area (Å²) < 4.78 is 11.8. The lowest BCUT2D eigenvalue weighted by molar-refractivity contribution is -0.0606. The first-order chi connectivity index (χ1) is 9.54. The van der Waals surface area contributed by atoms with Gasteiger partial charge in [-0.25, -0.2) is 5.43 Å². The van der Waals surface area contributed by atoms with Gasteiger partial charge in [0.15, 0.2) is 0 Å². The van der Waals surface area contributed by atoms with Crippen molar-refractivity contribution >= 4 is 22.6 Å². The third-order valence-corrected chi connectivity index (χ3v) is 3.97. The molecule has 0 radical (unpaired) electrons. The van der Waals surface area contributed by atoms with Crippen LogP contribution in [0.15, 0.2) is 28.7 Å². The van der Waals surface area contributed by atoms with Crippen LogP contribution in [-0.2, 0) is 4.74 Å². The summed E-state index contributed by atoms with van der Waals surface area (Å²) >= 11 is 6.00. The van der Waals surface area contributed by atoms with Gasteiger partial charge in [0.25, 0.3) is 0 Å². The summed E-state index contributed by atoms with van der Waals surface area (Å²) in [5.74, 6) is 6.48. The highest BCUT2D eigenvalue weighted by atomic mass is 35.5. The van der Waals surface area contributed by atoms with Crippen LogP contribution in [0.25, 0.3) is 11.0 Å². The minimum atomic E-state index is -0.429. The molecule has 0 spiro atoms. The first kappa shape index (κ1) is 15.3. The van der Waals surface area contributed by atoms with Gasteiger partial charge < -0.3 is 9.15 Å². The normalized spacial score (nSPS) is 16.2. The summed E-state index contributed by atoms with van der Waals surface area (Å²) in [6.07, 6.45) is 0.813.